The number of anilines is 2. The molecule has 0 aliphatic heterocycles. The number of hydrogen-bond acceptors (Lipinski definition) is 4. The highest BCUT2D eigenvalue weighted by Crippen LogP contribution is 2.40. The second-order valence-corrected chi connectivity index (χ2v) is 6.51. The van der Waals surface area contributed by atoms with Crippen LogP contribution in [0.25, 0.3) is 11.1 Å². The van der Waals surface area contributed by atoms with Crippen LogP contribution >= 0.6 is 0 Å². The van der Waals surface area contributed by atoms with Crippen molar-refractivity contribution in [2.75, 3.05) is 5.32 Å². The molecule has 130 valence electrons. The Morgan fingerprint density at radius 2 is 1.88 bits per heavy atom. The Hall–Kier alpha value is -3.14. The van der Waals surface area contributed by atoms with Crippen LogP contribution in [0.3, 0.4) is 0 Å². The van der Waals surface area contributed by atoms with Gasteiger partial charge in [0.2, 0.25) is 0 Å². The number of phenols is 1. The molecule has 26 heavy (non-hydrogen) atoms. The molecule has 1 aromatic heterocycles. The van der Waals surface area contributed by atoms with Gasteiger partial charge in [-0.25, -0.2) is 4.98 Å². The summed E-state index contributed by atoms with van der Waals surface area (Å²) in [4.78, 5) is 8.55. The summed E-state index contributed by atoms with van der Waals surface area (Å²) in [7, 11) is 0. The van der Waals surface area contributed by atoms with Gasteiger partial charge in [-0.1, -0.05) is 42.5 Å². The first-order valence-electron chi connectivity index (χ1n) is 8.91. The normalized spacial score (nSPS) is 16.4. The molecule has 0 fully saturated rings. The molecule has 0 saturated carbocycles. The fourth-order valence-electron chi connectivity index (χ4n) is 3.50. The number of aromatic nitrogens is 2. The van der Waals surface area contributed by atoms with E-state index in [2.05, 4.69) is 45.6 Å². The zero-order valence-electron chi connectivity index (χ0n) is 14.5. The average molecular weight is 343 g/mol. The van der Waals surface area contributed by atoms with Crippen LogP contribution in [0, 0.1) is 0 Å². The number of nitrogens with one attached hydrogen (secondary N) is 1. The molecule has 0 saturated heterocycles. The van der Waals surface area contributed by atoms with Crippen molar-refractivity contribution in [2.24, 2.45) is 0 Å². The first-order chi connectivity index (χ1) is 12.8. The van der Waals surface area contributed by atoms with Crippen LogP contribution in [0.15, 0.2) is 73.2 Å². The summed E-state index contributed by atoms with van der Waals surface area (Å²) in [5, 5.41) is 13.1. The molecule has 0 spiro atoms. The Balaban J connectivity index is 1.82. The number of para-hydroxylation sites is 1. The molecule has 1 aliphatic rings. The van der Waals surface area contributed by atoms with Gasteiger partial charge in [-0.15, -0.1) is 0 Å². The topological polar surface area (TPSA) is 58.0 Å². The van der Waals surface area contributed by atoms with Crippen molar-refractivity contribution in [3.8, 4) is 16.9 Å². The van der Waals surface area contributed by atoms with Gasteiger partial charge in [-0.3, -0.25) is 4.98 Å². The molecule has 4 nitrogen and oxygen atoms in total. The third kappa shape index (κ3) is 3.45. The lowest BCUT2D eigenvalue weighted by Gasteiger charge is -2.24. The summed E-state index contributed by atoms with van der Waals surface area (Å²) in [6.45, 7) is 0. The van der Waals surface area contributed by atoms with Crippen molar-refractivity contribution in [2.45, 2.75) is 25.2 Å². The third-order valence-corrected chi connectivity index (χ3v) is 4.80. The van der Waals surface area contributed by atoms with Crippen LogP contribution in [0.2, 0.25) is 0 Å². The lowest BCUT2D eigenvalue weighted by Crippen LogP contribution is -2.07. The number of phenolic OH excluding ortho intramolecular Hbond substituents is 1. The molecule has 1 heterocycles. The van der Waals surface area contributed by atoms with Gasteiger partial charge in [-0.2, -0.15) is 0 Å². The fraction of sp³-hybridized carbons (Fsp3) is 0.182. The monoisotopic (exact) mass is 343 g/mol. The Kier molecular flexibility index (Phi) is 4.65. The molecule has 2 N–H and O–H groups in total. The molecular formula is C22H21N3O. The standard InChI is InChI=1S/C22H21N3O/c26-18-11-9-17(10-12-18)20-8-4-7-19(16-5-2-1-3-6-16)22(20)25-21-15-23-13-14-24-21/h1-2,4,7-16,26H,3,5-6H2,(H,24,25). The van der Waals surface area contributed by atoms with Gasteiger partial charge in [0.15, 0.2) is 0 Å². The first kappa shape index (κ1) is 16.3. The maximum atomic E-state index is 9.63. The highest BCUT2D eigenvalue weighted by atomic mass is 16.3. The van der Waals surface area contributed by atoms with Crippen LogP contribution < -0.4 is 5.32 Å². The molecular weight excluding hydrogens is 322 g/mol. The van der Waals surface area contributed by atoms with Gasteiger partial charge in [-0.05, 0) is 48.4 Å². The third-order valence-electron chi connectivity index (χ3n) is 4.80. The van der Waals surface area contributed by atoms with Gasteiger partial charge >= 0.3 is 0 Å². The summed E-state index contributed by atoms with van der Waals surface area (Å²) >= 11 is 0. The number of allylic oxidation sites excluding steroid dienone is 2. The van der Waals surface area contributed by atoms with Crippen LogP contribution in [0.1, 0.15) is 30.7 Å². The van der Waals surface area contributed by atoms with E-state index in [-0.39, 0.29) is 5.75 Å². The molecule has 3 aromatic rings. The highest BCUT2D eigenvalue weighted by Gasteiger charge is 2.19. The molecule has 4 rings (SSSR count). The number of benzene rings is 2. The van der Waals surface area contributed by atoms with Crippen molar-refractivity contribution in [3.05, 3.63) is 78.8 Å². The molecule has 4 heteroatoms. The SMILES string of the molecule is Oc1ccc(-c2cccc(C3CC=CCC3)c2Nc2cnccn2)cc1. The summed E-state index contributed by atoms with van der Waals surface area (Å²) in [6, 6.07) is 13.7. The summed E-state index contributed by atoms with van der Waals surface area (Å²) in [6.07, 6.45) is 12.9. The first-order valence-corrected chi connectivity index (χ1v) is 8.91. The second kappa shape index (κ2) is 7.40. The fourth-order valence-corrected chi connectivity index (χ4v) is 3.50. The molecule has 1 atom stereocenters. The second-order valence-electron chi connectivity index (χ2n) is 6.51. The number of hydrogen-bond donors (Lipinski definition) is 2. The molecule has 2 aromatic carbocycles. The Bertz CT molecular complexity index is 904. The largest absolute Gasteiger partial charge is 0.508 e. The smallest absolute Gasteiger partial charge is 0.148 e. The van der Waals surface area contributed by atoms with E-state index < -0.39 is 0 Å². The summed E-state index contributed by atoms with van der Waals surface area (Å²) in [5.74, 6) is 1.48. The predicted octanol–water partition coefficient (Wildman–Crippen LogP) is 5.42. The lowest BCUT2D eigenvalue weighted by molar-refractivity contribution is 0.475. The Morgan fingerprint density at radius 1 is 1.00 bits per heavy atom. The van der Waals surface area contributed by atoms with Gasteiger partial charge in [0.1, 0.15) is 11.6 Å². The van der Waals surface area contributed by atoms with Gasteiger partial charge < -0.3 is 10.4 Å². The van der Waals surface area contributed by atoms with Crippen LogP contribution in [0.5, 0.6) is 5.75 Å². The zero-order valence-corrected chi connectivity index (χ0v) is 14.5. The van der Waals surface area contributed by atoms with Gasteiger partial charge in [0.25, 0.3) is 0 Å². The summed E-state index contributed by atoms with van der Waals surface area (Å²) < 4.78 is 0. The number of rotatable bonds is 4. The van der Waals surface area contributed by atoms with E-state index in [4.69, 9.17) is 0 Å². The zero-order chi connectivity index (χ0) is 17.8. The minimum Gasteiger partial charge on any atom is -0.508 e. The molecule has 1 unspecified atom stereocenters. The highest BCUT2D eigenvalue weighted by molar-refractivity contribution is 5.83. The van der Waals surface area contributed by atoms with Crippen LogP contribution in [0.4, 0.5) is 11.5 Å². The van der Waals surface area contributed by atoms with Gasteiger partial charge in [0, 0.05) is 18.0 Å². The Labute approximate surface area is 153 Å². The van der Waals surface area contributed by atoms with Crippen molar-refractivity contribution in [1.29, 1.82) is 0 Å². The van der Waals surface area contributed by atoms with E-state index in [9.17, 15) is 5.11 Å². The van der Waals surface area contributed by atoms with Crippen molar-refractivity contribution in [1.82, 2.24) is 9.97 Å². The van der Waals surface area contributed by atoms with E-state index in [1.807, 2.05) is 12.1 Å². The van der Waals surface area contributed by atoms with E-state index in [1.165, 1.54) is 5.56 Å². The van der Waals surface area contributed by atoms with E-state index in [0.29, 0.717) is 5.92 Å². The Morgan fingerprint density at radius 3 is 2.62 bits per heavy atom. The van der Waals surface area contributed by atoms with E-state index in [0.717, 1.165) is 41.9 Å². The predicted molar refractivity (Wildman–Crippen MR) is 105 cm³/mol. The molecule has 1 aliphatic carbocycles. The molecule has 0 radical (unpaired) electrons. The van der Waals surface area contributed by atoms with E-state index >= 15 is 0 Å². The molecule has 0 amide bonds. The number of aromatic hydroxyl groups is 1. The number of nitrogens with zero attached hydrogens (tertiary/aromatic N) is 2. The average Bonchev–Trinajstić information content (AvgIpc) is 2.70. The quantitative estimate of drug-likeness (QED) is 0.621. The van der Waals surface area contributed by atoms with Crippen molar-refractivity contribution >= 4 is 11.5 Å². The summed E-state index contributed by atoms with van der Waals surface area (Å²) in [5.41, 5.74) is 4.52. The van der Waals surface area contributed by atoms with Crippen molar-refractivity contribution in [3.63, 3.8) is 0 Å². The van der Waals surface area contributed by atoms with E-state index in [1.54, 1.807) is 30.7 Å². The maximum absolute atomic E-state index is 9.63. The minimum absolute atomic E-state index is 0.269. The van der Waals surface area contributed by atoms with Crippen LogP contribution in [-0.2, 0) is 0 Å². The van der Waals surface area contributed by atoms with Crippen molar-refractivity contribution < 1.29 is 5.11 Å². The van der Waals surface area contributed by atoms with Gasteiger partial charge in [0.05, 0.1) is 11.9 Å². The maximum Gasteiger partial charge on any atom is 0.148 e. The molecule has 0 bridgehead atoms. The lowest BCUT2D eigenvalue weighted by atomic mass is 9.85. The minimum atomic E-state index is 0.269. The van der Waals surface area contributed by atoms with Crippen LogP contribution in [-0.4, -0.2) is 15.1 Å².